The lowest BCUT2D eigenvalue weighted by Gasteiger charge is -2.30. The Balaban J connectivity index is 2.03. The van der Waals surface area contributed by atoms with E-state index in [1.807, 2.05) is 0 Å². The molecule has 2 saturated carbocycles. The summed E-state index contributed by atoms with van der Waals surface area (Å²) in [4.78, 5) is 47.1. The number of amides is 2. The van der Waals surface area contributed by atoms with Crippen molar-refractivity contribution >= 4 is 23.9 Å². The molecule has 0 bridgehead atoms. The highest BCUT2D eigenvalue weighted by molar-refractivity contribution is 5.93. The third-order valence-electron chi connectivity index (χ3n) is 4.75. The van der Waals surface area contributed by atoms with E-state index in [1.54, 1.807) is 20.8 Å². The van der Waals surface area contributed by atoms with Gasteiger partial charge in [-0.25, -0.2) is 9.59 Å². The van der Waals surface area contributed by atoms with Gasteiger partial charge in [-0.05, 0) is 46.5 Å². The molecule has 140 valence electrons. The zero-order valence-corrected chi connectivity index (χ0v) is 14.7. The number of nitrogens with one attached hydrogen (secondary N) is 2. The highest BCUT2D eigenvalue weighted by Crippen LogP contribution is 2.62. The summed E-state index contributed by atoms with van der Waals surface area (Å²) in [6.07, 6.45) is -0.187. The molecule has 2 aliphatic rings. The van der Waals surface area contributed by atoms with E-state index >= 15 is 0 Å². The molecular weight excluding hydrogens is 332 g/mol. The number of carbonyl (C=O) groups excluding carboxylic acids is 2. The maximum absolute atomic E-state index is 12.4. The third kappa shape index (κ3) is 3.69. The first-order valence-corrected chi connectivity index (χ1v) is 8.17. The smallest absolute Gasteiger partial charge is 0.408 e. The van der Waals surface area contributed by atoms with E-state index in [1.165, 1.54) is 6.92 Å². The molecule has 0 aromatic heterocycles. The van der Waals surface area contributed by atoms with Crippen LogP contribution in [0, 0.1) is 17.8 Å². The Labute approximate surface area is 145 Å². The van der Waals surface area contributed by atoms with E-state index < -0.39 is 53.0 Å². The minimum absolute atomic E-state index is 0.173. The Bertz CT molecular complexity index is 612. The van der Waals surface area contributed by atoms with E-state index in [-0.39, 0.29) is 12.3 Å². The maximum Gasteiger partial charge on any atom is 0.408 e. The van der Waals surface area contributed by atoms with Crippen LogP contribution in [0.25, 0.3) is 0 Å². The number of fused-ring (bicyclic) bond motifs is 1. The highest BCUT2D eigenvalue weighted by Gasteiger charge is 2.72. The van der Waals surface area contributed by atoms with Gasteiger partial charge in [-0.3, -0.25) is 9.59 Å². The number of aliphatic carboxylic acids is 2. The van der Waals surface area contributed by atoms with Crippen LogP contribution >= 0.6 is 0 Å². The molecular formula is C16H24N2O7. The van der Waals surface area contributed by atoms with E-state index in [0.29, 0.717) is 6.42 Å². The van der Waals surface area contributed by atoms with Gasteiger partial charge in [0.2, 0.25) is 5.91 Å². The number of ether oxygens (including phenoxy) is 1. The summed E-state index contributed by atoms with van der Waals surface area (Å²) >= 11 is 0. The van der Waals surface area contributed by atoms with Crippen LogP contribution in [-0.2, 0) is 19.1 Å². The van der Waals surface area contributed by atoms with Gasteiger partial charge in [0.1, 0.15) is 17.2 Å². The second kappa shape index (κ2) is 6.20. The fourth-order valence-electron chi connectivity index (χ4n) is 3.63. The molecule has 0 aromatic carbocycles. The summed E-state index contributed by atoms with van der Waals surface area (Å²) in [5.41, 5.74) is -2.33. The summed E-state index contributed by atoms with van der Waals surface area (Å²) < 4.78 is 5.05. The molecule has 5 atom stereocenters. The fourth-order valence-corrected chi connectivity index (χ4v) is 3.63. The molecule has 0 spiro atoms. The van der Waals surface area contributed by atoms with Crippen LogP contribution in [0.15, 0.2) is 0 Å². The van der Waals surface area contributed by atoms with E-state index in [9.17, 15) is 24.3 Å². The van der Waals surface area contributed by atoms with Crippen LogP contribution in [0.3, 0.4) is 0 Å². The summed E-state index contributed by atoms with van der Waals surface area (Å²) in [5.74, 6) is -4.59. The molecule has 0 heterocycles. The molecule has 0 radical (unpaired) electrons. The zero-order chi connectivity index (χ0) is 19.2. The summed E-state index contributed by atoms with van der Waals surface area (Å²) in [6.45, 7) is 6.43. The number of carboxylic acids is 2. The number of carbonyl (C=O) groups is 4. The van der Waals surface area contributed by atoms with Crippen molar-refractivity contribution in [2.45, 2.75) is 57.7 Å². The van der Waals surface area contributed by atoms with E-state index in [0.717, 1.165) is 0 Å². The average molecular weight is 356 g/mol. The molecule has 0 unspecified atom stereocenters. The normalized spacial score (nSPS) is 31.4. The van der Waals surface area contributed by atoms with Gasteiger partial charge in [0.15, 0.2) is 0 Å². The minimum Gasteiger partial charge on any atom is -0.481 e. The molecule has 25 heavy (non-hydrogen) atoms. The highest BCUT2D eigenvalue weighted by atomic mass is 16.6. The lowest BCUT2D eigenvalue weighted by atomic mass is 9.90. The van der Waals surface area contributed by atoms with E-state index in [2.05, 4.69) is 10.6 Å². The number of hydrogen-bond donors (Lipinski definition) is 4. The van der Waals surface area contributed by atoms with Gasteiger partial charge in [-0.1, -0.05) is 0 Å². The molecule has 2 amide bonds. The largest absolute Gasteiger partial charge is 0.481 e. The van der Waals surface area contributed by atoms with Crippen LogP contribution in [0.4, 0.5) is 4.79 Å². The molecule has 2 fully saturated rings. The SMILES string of the molecule is C[C@H](NC(=O)OC(C)(C)C)C(=O)N[C@@]1(C(=O)O)CC[C@H]2[C@H](C(=O)O)[C@H]21. The second-order valence-electron chi connectivity index (χ2n) is 7.73. The maximum atomic E-state index is 12.4. The average Bonchev–Trinajstić information content (AvgIpc) is 3.06. The molecule has 0 aromatic rings. The van der Waals surface area contributed by atoms with Crippen molar-refractivity contribution in [1.29, 1.82) is 0 Å². The predicted octanol–water partition coefficient (Wildman–Crippen LogP) is 0.580. The first-order valence-electron chi connectivity index (χ1n) is 8.17. The second-order valence-corrected chi connectivity index (χ2v) is 7.73. The van der Waals surface area contributed by atoms with Gasteiger partial charge in [0.25, 0.3) is 0 Å². The van der Waals surface area contributed by atoms with Crippen molar-refractivity contribution in [2.75, 3.05) is 0 Å². The fraction of sp³-hybridized carbons (Fsp3) is 0.750. The molecule has 0 aliphatic heterocycles. The Morgan fingerprint density at radius 2 is 1.80 bits per heavy atom. The van der Waals surface area contributed by atoms with Crippen LogP contribution in [0.2, 0.25) is 0 Å². The monoisotopic (exact) mass is 356 g/mol. The van der Waals surface area contributed by atoms with Crippen molar-refractivity contribution in [3.8, 4) is 0 Å². The summed E-state index contributed by atoms with van der Waals surface area (Å²) in [7, 11) is 0. The third-order valence-corrected chi connectivity index (χ3v) is 4.75. The Hall–Kier alpha value is -2.32. The van der Waals surface area contributed by atoms with Crippen molar-refractivity contribution in [2.24, 2.45) is 17.8 Å². The quantitative estimate of drug-likeness (QED) is 0.564. The molecule has 2 aliphatic carbocycles. The predicted molar refractivity (Wildman–Crippen MR) is 84.7 cm³/mol. The van der Waals surface area contributed by atoms with Crippen molar-refractivity contribution < 1.29 is 34.1 Å². The van der Waals surface area contributed by atoms with Crippen LogP contribution < -0.4 is 10.6 Å². The van der Waals surface area contributed by atoms with E-state index in [4.69, 9.17) is 9.84 Å². The van der Waals surface area contributed by atoms with Crippen molar-refractivity contribution in [1.82, 2.24) is 10.6 Å². The molecule has 2 rings (SSSR count). The van der Waals surface area contributed by atoms with Crippen molar-refractivity contribution in [3.05, 3.63) is 0 Å². The number of hydrogen-bond acceptors (Lipinski definition) is 5. The lowest BCUT2D eigenvalue weighted by molar-refractivity contribution is -0.150. The molecule has 0 saturated heterocycles. The number of rotatable bonds is 5. The van der Waals surface area contributed by atoms with Gasteiger partial charge in [-0.2, -0.15) is 0 Å². The Morgan fingerprint density at radius 1 is 1.20 bits per heavy atom. The van der Waals surface area contributed by atoms with Crippen molar-refractivity contribution in [3.63, 3.8) is 0 Å². The number of alkyl carbamates (subject to hydrolysis) is 1. The Kier molecular flexibility index (Phi) is 4.71. The Morgan fingerprint density at radius 3 is 2.24 bits per heavy atom. The first-order chi connectivity index (χ1) is 11.4. The molecule has 9 nitrogen and oxygen atoms in total. The topological polar surface area (TPSA) is 142 Å². The van der Waals surface area contributed by atoms with Crippen LogP contribution in [-0.4, -0.2) is 51.3 Å². The minimum atomic E-state index is -1.60. The summed E-state index contributed by atoms with van der Waals surface area (Å²) in [6, 6.07) is -1.02. The first kappa shape index (κ1) is 19.0. The van der Waals surface area contributed by atoms with Gasteiger partial charge in [0.05, 0.1) is 5.92 Å². The molecule has 4 N–H and O–H groups in total. The standard InChI is InChI=1S/C16H24N2O7/c1-7(17-14(24)25-15(2,3)4)11(19)18-16(13(22)23)6-5-8-9(10(8)16)12(20)21/h7-10H,5-6H2,1-4H3,(H,17,24)(H,18,19)(H,20,21)(H,22,23)/t7-,8-,9-,10-,16-/m0/s1. The summed E-state index contributed by atoms with van der Waals surface area (Å²) in [5, 5.41) is 23.6. The van der Waals surface area contributed by atoms with Gasteiger partial charge in [-0.15, -0.1) is 0 Å². The van der Waals surface area contributed by atoms with Gasteiger partial charge in [0, 0.05) is 5.92 Å². The van der Waals surface area contributed by atoms with Crippen LogP contribution in [0.1, 0.15) is 40.5 Å². The van der Waals surface area contributed by atoms with Gasteiger partial charge >= 0.3 is 18.0 Å². The zero-order valence-electron chi connectivity index (χ0n) is 14.7. The van der Waals surface area contributed by atoms with Gasteiger partial charge < -0.3 is 25.6 Å². The lowest BCUT2D eigenvalue weighted by Crippen LogP contribution is -2.60. The molecule has 9 heteroatoms. The number of carboxylic acid groups (broad SMARTS) is 2. The van der Waals surface area contributed by atoms with Crippen LogP contribution in [0.5, 0.6) is 0 Å².